The Morgan fingerprint density at radius 3 is 1.34 bits per heavy atom. The van der Waals surface area contributed by atoms with E-state index in [4.69, 9.17) is 18.9 Å². The van der Waals surface area contributed by atoms with E-state index in [1.165, 1.54) is 25.7 Å². The van der Waals surface area contributed by atoms with Crippen LogP contribution in [-0.2, 0) is 9.47 Å². The van der Waals surface area contributed by atoms with E-state index in [1.807, 2.05) is 50.2 Å². The highest BCUT2D eigenvalue weighted by Gasteiger charge is 2.21. The molecule has 0 bridgehead atoms. The minimum atomic E-state index is -0.735. The number of hydrogen-bond acceptors (Lipinski definition) is 6. The Morgan fingerprint density at radius 1 is 0.553 bits per heavy atom. The van der Waals surface area contributed by atoms with Gasteiger partial charge in [-0.05, 0) is 38.8 Å². The number of aryl methyl sites for hydroxylation is 2. The van der Waals surface area contributed by atoms with Gasteiger partial charge in [0.15, 0.2) is 0 Å². The molecule has 0 radical (unpaired) electrons. The number of carbonyl (C=O) groups excluding carboxylic acids is 2. The average molecular weight is 523 g/mol. The lowest BCUT2D eigenvalue weighted by Crippen LogP contribution is -2.14. The second-order valence-corrected chi connectivity index (χ2v) is 9.99. The fourth-order valence-electron chi connectivity index (χ4n) is 4.55. The Hall–Kier alpha value is -3.28. The van der Waals surface area contributed by atoms with Gasteiger partial charge in [0.1, 0.15) is 11.5 Å². The van der Waals surface area contributed by atoms with Crippen LogP contribution in [0, 0.1) is 13.8 Å². The van der Waals surface area contributed by atoms with Crippen LogP contribution in [0.25, 0.3) is 21.5 Å². The highest BCUT2D eigenvalue weighted by Crippen LogP contribution is 2.43. The summed E-state index contributed by atoms with van der Waals surface area (Å²) in [4.78, 5) is 25.3. The number of carbonyl (C=O) groups is 2. The predicted octanol–water partition coefficient (Wildman–Crippen LogP) is 9.58. The Bertz CT molecular complexity index is 1120. The molecule has 0 unspecified atom stereocenters. The van der Waals surface area contributed by atoms with Gasteiger partial charge >= 0.3 is 12.3 Å². The summed E-state index contributed by atoms with van der Waals surface area (Å²) in [5.74, 6) is 0.789. The van der Waals surface area contributed by atoms with Gasteiger partial charge in [-0.25, -0.2) is 9.59 Å². The van der Waals surface area contributed by atoms with Crippen LogP contribution in [0.15, 0.2) is 36.4 Å². The molecule has 0 spiro atoms. The topological polar surface area (TPSA) is 71.1 Å². The first-order valence-corrected chi connectivity index (χ1v) is 14.1. The molecule has 3 aromatic carbocycles. The van der Waals surface area contributed by atoms with E-state index in [1.54, 1.807) is 0 Å². The van der Waals surface area contributed by atoms with E-state index in [9.17, 15) is 9.59 Å². The summed E-state index contributed by atoms with van der Waals surface area (Å²) in [6.45, 7) is 8.90. The molecule has 0 saturated carbocycles. The van der Waals surface area contributed by atoms with Gasteiger partial charge < -0.3 is 18.9 Å². The van der Waals surface area contributed by atoms with Crippen molar-refractivity contribution in [3.63, 3.8) is 0 Å². The van der Waals surface area contributed by atoms with E-state index in [0.717, 1.165) is 49.7 Å². The first-order valence-electron chi connectivity index (χ1n) is 14.1. The summed E-state index contributed by atoms with van der Waals surface area (Å²) >= 11 is 0. The summed E-state index contributed by atoms with van der Waals surface area (Å²) in [6, 6.07) is 11.5. The molecule has 0 aliphatic rings. The first kappa shape index (κ1) is 29.3. The van der Waals surface area contributed by atoms with Gasteiger partial charge in [0.2, 0.25) is 0 Å². The van der Waals surface area contributed by atoms with Crippen molar-refractivity contribution >= 4 is 33.9 Å². The zero-order valence-electron chi connectivity index (χ0n) is 23.4. The van der Waals surface area contributed by atoms with Gasteiger partial charge in [-0.3, -0.25) is 0 Å². The molecule has 0 fully saturated rings. The zero-order valence-corrected chi connectivity index (χ0v) is 23.4. The third-order valence-electron chi connectivity index (χ3n) is 6.64. The third kappa shape index (κ3) is 8.37. The standard InChI is InChI=1S/C32H42O6/c1-5-7-9-11-13-19-35-31(33)37-29-25-17-15-24(4)22-28(25)30(26-18-16-23(3)21-27(26)29)38-32(34)36-20-14-12-10-8-6-2/h15-18,21-22H,5-14,19-20H2,1-4H3. The van der Waals surface area contributed by atoms with Crippen molar-refractivity contribution in [3.05, 3.63) is 47.5 Å². The summed E-state index contributed by atoms with van der Waals surface area (Å²) in [7, 11) is 0. The van der Waals surface area contributed by atoms with Crippen LogP contribution < -0.4 is 9.47 Å². The largest absolute Gasteiger partial charge is 0.513 e. The maximum absolute atomic E-state index is 12.7. The Labute approximate surface area is 226 Å². The van der Waals surface area contributed by atoms with Gasteiger partial charge in [-0.2, -0.15) is 0 Å². The molecule has 0 heterocycles. The molecule has 0 aromatic heterocycles. The van der Waals surface area contributed by atoms with Crippen molar-refractivity contribution in [2.24, 2.45) is 0 Å². The lowest BCUT2D eigenvalue weighted by molar-refractivity contribution is 0.0965. The summed E-state index contributed by atoms with van der Waals surface area (Å²) in [5, 5.41) is 2.67. The van der Waals surface area contributed by atoms with Crippen molar-refractivity contribution in [3.8, 4) is 11.5 Å². The minimum Gasteiger partial charge on any atom is -0.434 e. The number of rotatable bonds is 14. The zero-order chi connectivity index (χ0) is 27.3. The summed E-state index contributed by atoms with van der Waals surface area (Å²) in [6.07, 6.45) is 9.14. The fraction of sp³-hybridized carbons (Fsp3) is 0.500. The number of benzene rings is 3. The molecule has 0 aliphatic heterocycles. The smallest absolute Gasteiger partial charge is 0.434 e. The lowest BCUT2D eigenvalue weighted by Gasteiger charge is -2.17. The van der Waals surface area contributed by atoms with E-state index in [-0.39, 0.29) is 0 Å². The van der Waals surface area contributed by atoms with Crippen LogP contribution in [-0.4, -0.2) is 25.5 Å². The minimum absolute atomic E-state index is 0.321. The highest BCUT2D eigenvalue weighted by atomic mass is 16.7. The van der Waals surface area contributed by atoms with Gasteiger partial charge in [0, 0.05) is 21.5 Å². The van der Waals surface area contributed by atoms with Crippen LogP contribution in [0.3, 0.4) is 0 Å². The molecule has 6 heteroatoms. The molecular weight excluding hydrogens is 480 g/mol. The molecule has 3 rings (SSSR count). The monoisotopic (exact) mass is 522 g/mol. The van der Waals surface area contributed by atoms with E-state index >= 15 is 0 Å². The number of hydrogen-bond donors (Lipinski definition) is 0. The summed E-state index contributed by atoms with van der Waals surface area (Å²) < 4.78 is 22.4. The molecule has 0 atom stereocenters. The molecule has 0 aliphatic carbocycles. The number of unbranched alkanes of at least 4 members (excludes halogenated alkanes) is 8. The van der Waals surface area contributed by atoms with Gasteiger partial charge in [0.25, 0.3) is 0 Å². The van der Waals surface area contributed by atoms with Crippen molar-refractivity contribution in [1.82, 2.24) is 0 Å². The molecule has 0 N–H and O–H groups in total. The Morgan fingerprint density at radius 2 is 0.947 bits per heavy atom. The molecule has 38 heavy (non-hydrogen) atoms. The Balaban J connectivity index is 1.85. The summed E-state index contributed by atoms with van der Waals surface area (Å²) in [5.41, 5.74) is 1.97. The average Bonchev–Trinajstić information content (AvgIpc) is 2.90. The van der Waals surface area contributed by atoms with Crippen LogP contribution in [0.2, 0.25) is 0 Å². The maximum atomic E-state index is 12.7. The van der Waals surface area contributed by atoms with Gasteiger partial charge in [-0.15, -0.1) is 0 Å². The van der Waals surface area contributed by atoms with Crippen LogP contribution in [0.5, 0.6) is 11.5 Å². The number of fused-ring (bicyclic) bond motifs is 2. The second kappa shape index (κ2) is 15.2. The van der Waals surface area contributed by atoms with Crippen molar-refractivity contribution in [1.29, 1.82) is 0 Å². The first-order chi connectivity index (χ1) is 18.4. The molecular formula is C32H42O6. The third-order valence-corrected chi connectivity index (χ3v) is 6.64. The van der Waals surface area contributed by atoms with E-state index < -0.39 is 12.3 Å². The van der Waals surface area contributed by atoms with Crippen molar-refractivity contribution in [2.45, 2.75) is 91.9 Å². The SMILES string of the molecule is CCCCCCCOC(=O)Oc1c2ccc(C)cc2c(OC(=O)OCCCCCCC)c2ccc(C)cc12. The van der Waals surface area contributed by atoms with E-state index in [0.29, 0.717) is 46.3 Å². The lowest BCUT2D eigenvalue weighted by atomic mass is 9.98. The second-order valence-electron chi connectivity index (χ2n) is 9.99. The normalized spacial score (nSPS) is 11.1. The van der Waals surface area contributed by atoms with Crippen LogP contribution in [0.1, 0.15) is 89.2 Å². The maximum Gasteiger partial charge on any atom is 0.513 e. The van der Waals surface area contributed by atoms with Gasteiger partial charge in [-0.1, -0.05) is 101 Å². The van der Waals surface area contributed by atoms with Crippen molar-refractivity contribution in [2.75, 3.05) is 13.2 Å². The molecule has 3 aromatic rings. The highest BCUT2D eigenvalue weighted by molar-refractivity contribution is 6.12. The molecule has 0 saturated heterocycles. The number of ether oxygens (including phenoxy) is 4. The Kier molecular flexibility index (Phi) is 11.7. The van der Waals surface area contributed by atoms with Crippen LogP contribution >= 0.6 is 0 Å². The molecule has 206 valence electrons. The quantitative estimate of drug-likeness (QED) is 0.0908. The van der Waals surface area contributed by atoms with Crippen molar-refractivity contribution < 1.29 is 28.5 Å². The van der Waals surface area contributed by atoms with Gasteiger partial charge in [0.05, 0.1) is 13.2 Å². The molecule has 0 amide bonds. The fourth-order valence-corrected chi connectivity index (χ4v) is 4.55. The predicted molar refractivity (Wildman–Crippen MR) is 152 cm³/mol. The van der Waals surface area contributed by atoms with Crippen LogP contribution in [0.4, 0.5) is 9.59 Å². The molecule has 6 nitrogen and oxygen atoms in total. The van der Waals surface area contributed by atoms with E-state index in [2.05, 4.69) is 13.8 Å².